The molecule has 0 saturated carbocycles. The average molecular weight is 421 g/mol. The molecule has 160 valence electrons. The molecule has 0 fully saturated rings. The van der Waals surface area contributed by atoms with Gasteiger partial charge in [0.05, 0.1) is 12.6 Å². The molecule has 0 bridgehead atoms. The molecule has 2 N–H and O–H groups in total. The van der Waals surface area contributed by atoms with Crippen LogP contribution >= 0.6 is 0 Å². The maximum Gasteiger partial charge on any atom is 0.321 e. The van der Waals surface area contributed by atoms with E-state index in [1.165, 1.54) is 0 Å². The summed E-state index contributed by atoms with van der Waals surface area (Å²) in [4.78, 5) is 39.5. The van der Waals surface area contributed by atoms with Crippen LogP contribution in [0.2, 0.25) is 0 Å². The number of carbonyl (C=O) groups is 3. The summed E-state index contributed by atoms with van der Waals surface area (Å²) in [5.74, 6) is -0.284. The Morgan fingerprint density at radius 1 is 1.03 bits per heavy atom. The minimum absolute atomic E-state index is 0.00132. The van der Waals surface area contributed by atoms with Gasteiger partial charge in [0.15, 0.2) is 18.3 Å². The molecule has 8 heteroatoms. The van der Waals surface area contributed by atoms with Gasteiger partial charge in [-0.05, 0) is 12.5 Å². The fraction of sp³-hybridized carbons (Fsp3) is 0.217. The highest BCUT2D eigenvalue weighted by Gasteiger charge is 2.13. The van der Waals surface area contributed by atoms with E-state index in [-0.39, 0.29) is 19.4 Å². The summed E-state index contributed by atoms with van der Waals surface area (Å²) in [6, 6.07) is 16.4. The Labute approximate surface area is 179 Å². The van der Waals surface area contributed by atoms with E-state index in [2.05, 4.69) is 15.6 Å². The zero-order valence-electron chi connectivity index (χ0n) is 17.1. The van der Waals surface area contributed by atoms with E-state index in [9.17, 15) is 14.4 Å². The Morgan fingerprint density at radius 2 is 1.77 bits per heavy atom. The van der Waals surface area contributed by atoms with Crippen molar-refractivity contribution >= 4 is 17.9 Å². The van der Waals surface area contributed by atoms with Crippen molar-refractivity contribution in [2.75, 3.05) is 6.61 Å². The van der Waals surface area contributed by atoms with Crippen LogP contribution in [-0.2, 0) is 27.3 Å². The zero-order valence-corrected chi connectivity index (χ0v) is 17.1. The number of hydrogen-bond acceptors (Lipinski definition) is 6. The first kappa shape index (κ1) is 21.8. The summed E-state index contributed by atoms with van der Waals surface area (Å²) >= 11 is 0. The highest BCUT2D eigenvalue weighted by Crippen LogP contribution is 2.21. The smallest absolute Gasteiger partial charge is 0.321 e. The second kappa shape index (κ2) is 10.7. The van der Waals surface area contributed by atoms with Crippen LogP contribution in [0.4, 0.5) is 4.79 Å². The van der Waals surface area contributed by atoms with E-state index < -0.39 is 24.5 Å². The molecule has 0 aliphatic carbocycles. The normalized spacial score (nSPS) is 10.4. The molecule has 3 rings (SSSR count). The number of imide groups is 1. The number of carbonyl (C=O) groups excluding carboxylic acids is 3. The third-order valence-electron chi connectivity index (χ3n) is 4.35. The van der Waals surface area contributed by atoms with Gasteiger partial charge in [0, 0.05) is 18.5 Å². The third kappa shape index (κ3) is 7.11. The topological polar surface area (TPSA) is 111 Å². The molecule has 0 atom stereocenters. The Balaban J connectivity index is 1.35. The number of nitrogens with one attached hydrogen (secondary N) is 2. The molecule has 3 aromatic rings. The van der Waals surface area contributed by atoms with Gasteiger partial charge in [-0.3, -0.25) is 14.9 Å². The number of aromatic nitrogens is 1. The summed E-state index contributed by atoms with van der Waals surface area (Å²) in [5, 5.41) is 4.66. The monoisotopic (exact) mass is 421 g/mol. The summed E-state index contributed by atoms with van der Waals surface area (Å²) in [5.41, 5.74) is 2.94. The van der Waals surface area contributed by atoms with E-state index in [4.69, 9.17) is 9.15 Å². The van der Waals surface area contributed by atoms with Gasteiger partial charge in [0.2, 0.25) is 0 Å². The predicted molar refractivity (Wildman–Crippen MR) is 113 cm³/mol. The van der Waals surface area contributed by atoms with Crippen molar-refractivity contribution in [3.8, 4) is 11.3 Å². The largest absolute Gasteiger partial charge is 0.456 e. The lowest BCUT2D eigenvalue weighted by atomic mass is 10.1. The van der Waals surface area contributed by atoms with Crippen LogP contribution in [0, 0.1) is 6.92 Å². The lowest BCUT2D eigenvalue weighted by molar-refractivity contribution is -0.148. The number of hydrogen-bond donors (Lipinski definition) is 2. The van der Waals surface area contributed by atoms with Gasteiger partial charge in [0.25, 0.3) is 5.91 Å². The highest BCUT2D eigenvalue weighted by molar-refractivity contribution is 5.95. The van der Waals surface area contributed by atoms with Gasteiger partial charge in [-0.1, -0.05) is 60.2 Å². The number of esters is 1. The van der Waals surface area contributed by atoms with Crippen LogP contribution in [0.5, 0.6) is 0 Å². The second-order valence-electron chi connectivity index (χ2n) is 6.86. The second-order valence-corrected chi connectivity index (χ2v) is 6.86. The Hall–Kier alpha value is -3.94. The van der Waals surface area contributed by atoms with Crippen LogP contribution in [0.1, 0.15) is 23.4 Å². The summed E-state index contributed by atoms with van der Waals surface area (Å²) in [6.07, 6.45) is 1.85. The maximum absolute atomic E-state index is 11.9. The number of ether oxygens (including phenoxy) is 1. The van der Waals surface area contributed by atoms with E-state index in [1.807, 2.05) is 61.5 Å². The molecule has 1 heterocycles. The van der Waals surface area contributed by atoms with Crippen molar-refractivity contribution in [1.29, 1.82) is 0 Å². The first-order valence-electron chi connectivity index (χ1n) is 9.78. The predicted octanol–water partition coefficient (Wildman–Crippen LogP) is 3.15. The zero-order chi connectivity index (χ0) is 22.1. The standard InChI is InChI=1S/C23H23N3O5/c1-16-7-9-18(10-8-16)19-14-24-21(31-19)11-12-22(28)30-15-20(27)26-23(29)25-13-17-5-3-2-4-6-17/h2-10,14H,11-13,15H2,1H3,(H2,25,26,27,29). The summed E-state index contributed by atoms with van der Waals surface area (Å²) < 4.78 is 10.5. The lowest BCUT2D eigenvalue weighted by Gasteiger charge is -2.07. The Bertz CT molecular complexity index is 1030. The number of amides is 3. The number of urea groups is 1. The van der Waals surface area contributed by atoms with Crippen LogP contribution in [0.3, 0.4) is 0 Å². The van der Waals surface area contributed by atoms with Crippen molar-refractivity contribution in [1.82, 2.24) is 15.6 Å². The molecule has 31 heavy (non-hydrogen) atoms. The molecule has 3 amide bonds. The molecule has 0 unspecified atom stereocenters. The first-order valence-corrected chi connectivity index (χ1v) is 9.78. The minimum Gasteiger partial charge on any atom is -0.456 e. The fourth-order valence-corrected chi connectivity index (χ4v) is 2.69. The van der Waals surface area contributed by atoms with E-state index in [0.717, 1.165) is 16.7 Å². The summed E-state index contributed by atoms with van der Waals surface area (Å²) in [6.45, 7) is 1.73. The van der Waals surface area contributed by atoms with Gasteiger partial charge in [0.1, 0.15) is 0 Å². The van der Waals surface area contributed by atoms with Gasteiger partial charge >= 0.3 is 12.0 Å². The van der Waals surface area contributed by atoms with E-state index >= 15 is 0 Å². The molecule has 1 aromatic heterocycles. The lowest BCUT2D eigenvalue weighted by Crippen LogP contribution is -2.41. The number of nitrogens with zero attached hydrogens (tertiary/aromatic N) is 1. The van der Waals surface area contributed by atoms with E-state index in [1.54, 1.807) is 6.20 Å². The average Bonchev–Trinajstić information content (AvgIpc) is 3.25. The maximum atomic E-state index is 11.9. The summed E-state index contributed by atoms with van der Waals surface area (Å²) in [7, 11) is 0. The van der Waals surface area contributed by atoms with E-state index in [0.29, 0.717) is 11.7 Å². The van der Waals surface area contributed by atoms with Crippen LogP contribution in [0.25, 0.3) is 11.3 Å². The van der Waals surface area contributed by atoms with Crippen molar-refractivity contribution in [3.05, 3.63) is 77.8 Å². The number of rotatable bonds is 8. The van der Waals surface area contributed by atoms with Gasteiger partial charge in [-0.25, -0.2) is 9.78 Å². The minimum atomic E-state index is -0.711. The fourth-order valence-electron chi connectivity index (χ4n) is 2.69. The first-order chi connectivity index (χ1) is 15.0. The highest BCUT2D eigenvalue weighted by atomic mass is 16.5. The SMILES string of the molecule is Cc1ccc(-c2cnc(CCC(=O)OCC(=O)NC(=O)NCc3ccccc3)o2)cc1. The van der Waals surface area contributed by atoms with Crippen molar-refractivity contribution in [3.63, 3.8) is 0 Å². The Morgan fingerprint density at radius 3 is 2.52 bits per heavy atom. The van der Waals surface area contributed by atoms with Crippen molar-refractivity contribution in [2.24, 2.45) is 0 Å². The molecular weight excluding hydrogens is 398 g/mol. The number of aryl methyl sites for hydroxylation is 2. The van der Waals surface area contributed by atoms with Crippen LogP contribution in [0.15, 0.2) is 65.2 Å². The molecule has 0 radical (unpaired) electrons. The third-order valence-corrected chi connectivity index (χ3v) is 4.35. The molecular formula is C23H23N3O5. The molecule has 8 nitrogen and oxygen atoms in total. The van der Waals surface area contributed by atoms with Crippen molar-refractivity contribution < 1.29 is 23.5 Å². The molecule has 0 saturated heterocycles. The number of benzene rings is 2. The quantitative estimate of drug-likeness (QED) is 0.541. The van der Waals surface area contributed by atoms with Crippen molar-refractivity contribution in [2.45, 2.75) is 26.3 Å². The van der Waals surface area contributed by atoms with Crippen LogP contribution < -0.4 is 10.6 Å². The molecule has 0 aliphatic heterocycles. The van der Waals surface area contributed by atoms with Gasteiger partial charge in [-0.2, -0.15) is 0 Å². The molecule has 0 aliphatic rings. The van der Waals surface area contributed by atoms with Gasteiger partial charge in [-0.15, -0.1) is 0 Å². The number of oxazole rings is 1. The van der Waals surface area contributed by atoms with Gasteiger partial charge < -0.3 is 14.5 Å². The Kier molecular flexibility index (Phi) is 7.53. The molecule has 0 spiro atoms. The molecule has 2 aromatic carbocycles. The van der Waals surface area contributed by atoms with Crippen LogP contribution in [-0.4, -0.2) is 29.5 Å².